The number of nitrogens with zero attached hydrogens (tertiary/aromatic N) is 4. The third-order valence-electron chi connectivity index (χ3n) is 3.71. The van der Waals surface area contributed by atoms with Crippen molar-refractivity contribution in [1.82, 2.24) is 14.5 Å². The van der Waals surface area contributed by atoms with E-state index in [0.717, 1.165) is 24.1 Å². The van der Waals surface area contributed by atoms with Gasteiger partial charge in [0.15, 0.2) is 0 Å². The van der Waals surface area contributed by atoms with Gasteiger partial charge in [-0.25, -0.2) is 9.97 Å². The molecule has 22 heavy (non-hydrogen) atoms. The quantitative estimate of drug-likeness (QED) is 0.742. The van der Waals surface area contributed by atoms with Gasteiger partial charge < -0.3 is 14.0 Å². The highest BCUT2D eigenvalue weighted by Crippen LogP contribution is 2.32. The van der Waals surface area contributed by atoms with Crippen molar-refractivity contribution in [2.45, 2.75) is 6.04 Å². The Morgan fingerprint density at radius 2 is 2.18 bits per heavy atom. The molecule has 6 nitrogen and oxygen atoms in total. The van der Waals surface area contributed by atoms with E-state index in [1.807, 2.05) is 30.5 Å². The number of aromatic nitrogens is 3. The van der Waals surface area contributed by atoms with Crippen LogP contribution in [0.5, 0.6) is 11.6 Å². The van der Waals surface area contributed by atoms with E-state index in [0.29, 0.717) is 17.7 Å². The maximum Gasteiger partial charge on any atom is 0.223 e. The zero-order valence-corrected chi connectivity index (χ0v) is 11.6. The molecule has 108 valence electrons. The Balaban J connectivity index is 1.72. The summed E-state index contributed by atoms with van der Waals surface area (Å²) in [5, 5.41) is 9.89. The maximum atomic E-state index is 8.89. The molecule has 0 radical (unpaired) electrons. The minimum Gasteiger partial charge on any atom is -0.438 e. The third kappa shape index (κ3) is 2.08. The first-order valence-corrected chi connectivity index (χ1v) is 6.92. The van der Waals surface area contributed by atoms with E-state index in [4.69, 9.17) is 14.7 Å². The van der Waals surface area contributed by atoms with E-state index in [9.17, 15) is 0 Å². The Morgan fingerprint density at radius 1 is 1.27 bits per heavy atom. The molecule has 1 fully saturated rings. The minimum absolute atomic E-state index is 0.279. The molecule has 1 saturated heterocycles. The molecule has 0 spiro atoms. The van der Waals surface area contributed by atoms with Crippen molar-refractivity contribution in [2.75, 3.05) is 13.2 Å². The van der Waals surface area contributed by atoms with Gasteiger partial charge in [0.05, 0.1) is 24.8 Å². The lowest BCUT2D eigenvalue weighted by Crippen LogP contribution is -2.29. The van der Waals surface area contributed by atoms with Gasteiger partial charge in [-0.05, 0) is 18.2 Å². The highest BCUT2D eigenvalue weighted by Gasteiger charge is 2.22. The number of ether oxygens (including phenoxy) is 2. The van der Waals surface area contributed by atoms with Crippen LogP contribution in [0.1, 0.15) is 11.7 Å². The standard InChI is InChI=1S/C16H12N4O2/c17-7-11-6-16(19-10-18-11)22-15-3-1-2-14-13(15)4-5-20(14)12-8-21-9-12/h1-6,10,12H,8-9H2. The lowest BCUT2D eigenvalue weighted by Gasteiger charge is -2.28. The molecular weight excluding hydrogens is 280 g/mol. The fraction of sp³-hybridized carbons (Fsp3) is 0.188. The predicted octanol–water partition coefficient (Wildman–Crippen LogP) is 2.67. The van der Waals surface area contributed by atoms with Gasteiger partial charge in [-0.15, -0.1) is 0 Å². The second-order valence-electron chi connectivity index (χ2n) is 5.06. The second-order valence-corrected chi connectivity index (χ2v) is 5.06. The van der Waals surface area contributed by atoms with Crippen LogP contribution in [0.4, 0.5) is 0 Å². The molecule has 6 heteroatoms. The average molecular weight is 292 g/mol. The zero-order chi connectivity index (χ0) is 14.9. The van der Waals surface area contributed by atoms with E-state index in [2.05, 4.69) is 20.6 Å². The minimum atomic E-state index is 0.279. The topological polar surface area (TPSA) is 73.0 Å². The highest BCUT2D eigenvalue weighted by molar-refractivity contribution is 5.86. The molecule has 0 aliphatic carbocycles. The van der Waals surface area contributed by atoms with Crippen LogP contribution in [-0.4, -0.2) is 27.7 Å². The molecule has 0 atom stereocenters. The van der Waals surface area contributed by atoms with Crippen molar-refractivity contribution in [1.29, 1.82) is 5.26 Å². The number of fused-ring (bicyclic) bond motifs is 1. The largest absolute Gasteiger partial charge is 0.438 e. The van der Waals surface area contributed by atoms with Crippen molar-refractivity contribution in [3.63, 3.8) is 0 Å². The fourth-order valence-corrected chi connectivity index (χ4v) is 2.52. The number of hydrogen-bond donors (Lipinski definition) is 0. The van der Waals surface area contributed by atoms with Crippen LogP contribution in [-0.2, 0) is 4.74 Å². The number of benzene rings is 1. The van der Waals surface area contributed by atoms with Crippen LogP contribution < -0.4 is 4.74 Å². The number of hydrogen-bond acceptors (Lipinski definition) is 5. The smallest absolute Gasteiger partial charge is 0.223 e. The van der Waals surface area contributed by atoms with Crippen molar-refractivity contribution in [3.05, 3.63) is 48.5 Å². The Labute approximate surface area is 126 Å². The lowest BCUT2D eigenvalue weighted by molar-refractivity contribution is -0.0213. The molecule has 0 amide bonds. The molecule has 3 heterocycles. The summed E-state index contributed by atoms with van der Waals surface area (Å²) in [7, 11) is 0. The van der Waals surface area contributed by atoms with Crippen molar-refractivity contribution in [3.8, 4) is 17.7 Å². The van der Waals surface area contributed by atoms with Crippen LogP contribution in [0.3, 0.4) is 0 Å². The fourth-order valence-electron chi connectivity index (χ4n) is 2.52. The monoisotopic (exact) mass is 292 g/mol. The Morgan fingerprint density at radius 3 is 2.95 bits per heavy atom. The van der Waals surface area contributed by atoms with E-state index in [-0.39, 0.29) is 5.69 Å². The zero-order valence-electron chi connectivity index (χ0n) is 11.6. The first-order chi connectivity index (χ1) is 10.8. The molecule has 1 aliphatic rings. The summed E-state index contributed by atoms with van der Waals surface area (Å²) < 4.78 is 13.3. The summed E-state index contributed by atoms with van der Waals surface area (Å²) in [6.45, 7) is 1.48. The summed E-state index contributed by atoms with van der Waals surface area (Å²) >= 11 is 0. The van der Waals surface area contributed by atoms with E-state index in [1.165, 1.54) is 12.4 Å². The molecule has 0 unspecified atom stereocenters. The number of rotatable bonds is 3. The lowest BCUT2D eigenvalue weighted by atomic mass is 10.2. The van der Waals surface area contributed by atoms with Gasteiger partial charge in [0.1, 0.15) is 23.8 Å². The van der Waals surface area contributed by atoms with Crippen LogP contribution >= 0.6 is 0 Å². The molecular formula is C16H12N4O2. The summed E-state index contributed by atoms with van der Waals surface area (Å²) in [5.74, 6) is 1.07. The van der Waals surface area contributed by atoms with Gasteiger partial charge in [-0.3, -0.25) is 0 Å². The summed E-state index contributed by atoms with van der Waals surface area (Å²) in [6.07, 6.45) is 3.37. The van der Waals surface area contributed by atoms with Gasteiger partial charge in [0.25, 0.3) is 0 Å². The highest BCUT2D eigenvalue weighted by atomic mass is 16.5. The van der Waals surface area contributed by atoms with Gasteiger partial charge >= 0.3 is 0 Å². The normalized spacial score (nSPS) is 14.5. The van der Waals surface area contributed by atoms with E-state index >= 15 is 0 Å². The van der Waals surface area contributed by atoms with E-state index in [1.54, 1.807) is 0 Å². The molecule has 2 aromatic heterocycles. The van der Waals surface area contributed by atoms with Gasteiger partial charge in [-0.2, -0.15) is 5.26 Å². The Bertz CT molecular complexity index is 877. The summed E-state index contributed by atoms with van der Waals surface area (Å²) in [4.78, 5) is 7.89. The first-order valence-electron chi connectivity index (χ1n) is 6.92. The Kier molecular flexibility index (Phi) is 2.99. The van der Waals surface area contributed by atoms with Crippen molar-refractivity contribution >= 4 is 10.9 Å². The molecule has 4 rings (SSSR count). The molecule has 3 aromatic rings. The average Bonchev–Trinajstić information content (AvgIpc) is 2.91. The van der Waals surface area contributed by atoms with Gasteiger partial charge in [0, 0.05) is 17.6 Å². The van der Waals surface area contributed by atoms with Crippen molar-refractivity contribution < 1.29 is 9.47 Å². The summed E-state index contributed by atoms with van der Waals surface area (Å²) in [6, 6.07) is 11.8. The third-order valence-corrected chi connectivity index (χ3v) is 3.71. The van der Waals surface area contributed by atoms with Gasteiger partial charge in [0.2, 0.25) is 5.88 Å². The van der Waals surface area contributed by atoms with Crippen molar-refractivity contribution in [2.24, 2.45) is 0 Å². The summed E-state index contributed by atoms with van der Waals surface area (Å²) in [5.41, 5.74) is 1.38. The molecule has 1 aromatic carbocycles. The maximum absolute atomic E-state index is 8.89. The van der Waals surface area contributed by atoms with Gasteiger partial charge in [-0.1, -0.05) is 6.07 Å². The molecule has 0 N–H and O–H groups in total. The van der Waals surface area contributed by atoms with Crippen LogP contribution in [0.15, 0.2) is 42.9 Å². The Hall–Kier alpha value is -2.91. The van der Waals surface area contributed by atoms with E-state index < -0.39 is 0 Å². The van der Waals surface area contributed by atoms with Crippen LogP contribution in [0.25, 0.3) is 10.9 Å². The predicted molar refractivity (Wildman–Crippen MR) is 78.6 cm³/mol. The second kappa shape index (κ2) is 5.13. The van der Waals surface area contributed by atoms with Crippen LogP contribution in [0, 0.1) is 11.3 Å². The number of nitriles is 1. The molecule has 1 aliphatic heterocycles. The molecule has 0 bridgehead atoms. The van der Waals surface area contributed by atoms with Crippen LogP contribution in [0.2, 0.25) is 0 Å². The first kappa shape index (κ1) is 12.8. The SMILES string of the molecule is N#Cc1cc(Oc2cccc3c2ccn3C2COC2)ncn1. The molecule has 0 saturated carbocycles.